The third kappa shape index (κ3) is 3.54. The quantitative estimate of drug-likeness (QED) is 0.724. The fraction of sp³-hybridized carbons (Fsp3) is 0.923. The van der Waals surface area contributed by atoms with E-state index in [2.05, 4.69) is 49.4 Å². The summed E-state index contributed by atoms with van der Waals surface area (Å²) in [6, 6.07) is 2.23. The van der Waals surface area contributed by atoms with E-state index in [1.54, 1.807) is 0 Å². The number of hydrogen-bond acceptors (Lipinski definition) is 3. The molecular weight excluding hydrogens is 226 g/mol. The maximum absolute atomic E-state index is 8.60. The molecule has 0 atom stereocenters. The first-order chi connectivity index (χ1) is 7.79. The Morgan fingerprint density at radius 2 is 1.65 bits per heavy atom. The topological polar surface area (TPSA) is 30.3 Å². The predicted molar refractivity (Wildman–Crippen MR) is 75.4 cm³/mol. The number of nitrogens with zero attached hydrogens (tertiary/aromatic N) is 3. The molecule has 0 amide bonds. The molecule has 1 aliphatic heterocycles. The van der Waals surface area contributed by atoms with Gasteiger partial charge in [-0.15, -0.1) is 0 Å². The van der Waals surface area contributed by atoms with Crippen LogP contribution >= 0.6 is 0 Å². The van der Waals surface area contributed by atoms with E-state index in [0.29, 0.717) is 11.5 Å². The van der Waals surface area contributed by atoms with Crippen molar-refractivity contribution in [3.8, 4) is 6.07 Å². The normalized spacial score (nSPS) is 20.2. The zero-order chi connectivity index (χ0) is 13.1. The highest BCUT2D eigenvalue weighted by Gasteiger charge is 2.41. The Kier molecular flexibility index (Phi) is 4.76. The molecule has 98 valence electrons. The highest BCUT2D eigenvalue weighted by molar-refractivity contribution is 6.77. The Bertz CT molecular complexity index is 280. The molecule has 0 aromatic heterocycles. The van der Waals surface area contributed by atoms with Crippen molar-refractivity contribution in [3.05, 3.63) is 0 Å². The second-order valence-electron chi connectivity index (χ2n) is 6.55. The van der Waals surface area contributed by atoms with E-state index in [1.165, 1.54) is 13.1 Å². The molecule has 0 aromatic carbocycles. The summed E-state index contributed by atoms with van der Waals surface area (Å²) in [5.41, 5.74) is 0. The van der Waals surface area contributed by atoms with Crippen LogP contribution in [0.5, 0.6) is 0 Å². The predicted octanol–water partition coefficient (Wildman–Crippen LogP) is 2.52. The third-order valence-electron chi connectivity index (χ3n) is 4.54. The van der Waals surface area contributed by atoms with Crippen molar-refractivity contribution < 1.29 is 0 Å². The van der Waals surface area contributed by atoms with Crippen molar-refractivity contribution in [2.75, 3.05) is 32.7 Å². The Labute approximate surface area is 107 Å². The summed E-state index contributed by atoms with van der Waals surface area (Å²) in [7, 11) is -1.32. The van der Waals surface area contributed by atoms with Crippen LogP contribution < -0.4 is 0 Å². The van der Waals surface area contributed by atoms with Gasteiger partial charge in [0.2, 0.25) is 0 Å². The van der Waals surface area contributed by atoms with E-state index in [9.17, 15) is 0 Å². The zero-order valence-electron chi connectivity index (χ0n) is 12.1. The van der Waals surface area contributed by atoms with Gasteiger partial charge in [-0.25, -0.2) is 0 Å². The molecule has 0 spiro atoms. The number of hydrogen-bond donors (Lipinski definition) is 0. The molecular formula is C13H27N3Si. The first-order valence-corrected chi connectivity index (χ1v) is 9.58. The van der Waals surface area contributed by atoms with Gasteiger partial charge in [0.15, 0.2) is 0 Å². The molecule has 0 N–H and O–H groups in total. The Hall–Kier alpha value is -0.373. The van der Waals surface area contributed by atoms with Crippen LogP contribution in [-0.4, -0.2) is 50.4 Å². The molecule has 0 unspecified atom stereocenters. The average Bonchev–Trinajstić information content (AvgIpc) is 2.25. The summed E-state index contributed by atoms with van der Waals surface area (Å²) in [6.45, 7) is 17.7. The molecule has 3 nitrogen and oxygen atoms in total. The zero-order valence-corrected chi connectivity index (χ0v) is 13.1. The van der Waals surface area contributed by atoms with Gasteiger partial charge in [-0.3, -0.25) is 4.90 Å². The fourth-order valence-electron chi connectivity index (χ4n) is 2.21. The fourth-order valence-corrected chi connectivity index (χ4v) is 4.48. The first kappa shape index (κ1) is 14.7. The lowest BCUT2D eigenvalue weighted by Crippen LogP contribution is -2.61. The van der Waals surface area contributed by atoms with Gasteiger partial charge in [0.05, 0.1) is 6.07 Å². The molecule has 0 aliphatic carbocycles. The monoisotopic (exact) mass is 253 g/mol. The van der Waals surface area contributed by atoms with Gasteiger partial charge in [-0.1, -0.05) is 33.9 Å². The van der Waals surface area contributed by atoms with E-state index >= 15 is 0 Å². The largest absolute Gasteiger partial charge is 0.321 e. The smallest absolute Gasteiger partial charge is 0.127 e. The van der Waals surface area contributed by atoms with Crippen molar-refractivity contribution in [3.63, 3.8) is 0 Å². The second kappa shape index (κ2) is 5.51. The van der Waals surface area contributed by atoms with Gasteiger partial charge in [0, 0.05) is 39.1 Å². The van der Waals surface area contributed by atoms with Gasteiger partial charge in [-0.2, -0.15) is 5.26 Å². The van der Waals surface area contributed by atoms with E-state index in [0.717, 1.165) is 19.6 Å². The molecule has 1 fully saturated rings. The number of nitriles is 1. The van der Waals surface area contributed by atoms with Crippen LogP contribution in [0.1, 0.15) is 27.2 Å². The van der Waals surface area contributed by atoms with E-state index in [4.69, 9.17) is 5.26 Å². The second-order valence-corrected chi connectivity index (χ2v) is 11.8. The molecule has 0 aromatic rings. The summed E-state index contributed by atoms with van der Waals surface area (Å²) in [5.74, 6) is 0. The lowest BCUT2D eigenvalue weighted by atomic mass is 10.2. The van der Waals surface area contributed by atoms with Crippen molar-refractivity contribution in [1.82, 2.24) is 9.47 Å². The number of rotatable bonds is 3. The summed E-state index contributed by atoms with van der Waals surface area (Å²) >= 11 is 0. The average molecular weight is 253 g/mol. The van der Waals surface area contributed by atoms with Crippen LogP contribution in [0.2, 0.25) is 18.1 Å². The molecule has 1 aliphatic rings. The Morgan fingerprint density at radius 3 is 2.06 bits per heavy atom. The summed E-state index contributed by atoms with van der Waals surface area (Å²) < 4.78 is 2.73. The van der Waals surface area contributed by atoms with Gasteiger partial charge >= 0.3 is 0 Å². The molecule has 4 heteroatoms. The van der Waals surface area contributed by atoms with Crippen LogP contribution in [0.15, 0.2) is 0 Å². The molecule has 0 radical (unpaired) electrons. The minimum absolute atomic E-state index is 0.432. The molecule has 1 saturated heterocycles. The molecule has 0 saturated carbocycles. The van der Waals surface area contributed by atoms with Crippen LogP contribution in [0.4, 0.5) is 0 Å². The van der Waals surface area contributed by atoms with E-state index < -0.39 is 8.24 Å². The van der Waals surface area contributed by atoms with Crippen LogP contribution in [0.3, 0.4) is 0 Å². The van der Waals surface area contributed by atoms with Crippen LogP contribution in [-0.2, 0) is 0 Å². The maximum atomic E-state index is 8.60. The van der Waals surface area contributed by atoms with Crippen molar-refractivity contribution in [1.29, 1.82) is 5.26 Å². The molecule has 1 heterocycles. The van der Waals surface area contributed by atoms with Crippen molar-refractivity contribution in [2.45, 2.75) is 45.3 Å². The minimum Gasteiger partial charge on any atom is -0.321 e. The van der Waals surface area contributed by atoms with Crippen LogP contribution in [0, 0.1) is 11.3 Å². The first-order valence-electron chi connectivity index (χ1n) is 6.63. The maximum Gasteiger partial charge on any atom is 0.127 e. The summed E-state index contributed by atoms with van der Waals surface area (Å²) in [4.78, 5) is 2.42. The summed E-state index contributed by atoms with van der Waals surface area (Å²) in [6.07, 6.45) is 0.667. The molecule has 17 heavy (non-hydrogen) atoms. The molecule has 0 bridgehead atoms. The molecule has 1 rings (SSSR count). The van der Waals surface area contributed by atoms with Gasteiger partial charge in [0.25, 0.3) is 0 Å². The highest BCUT2D eigenvalue weighted by atomic mass is 28.3. The SMILES string of the molecule is CC(C)(C)[Si](C)(C)N1CCN(CCC#N)CC1. The lowest BCUT2D eigenvalue weighted by Gasteiger charge is -2.49. The Balaban J connectivity index is 2.50. The van der Waals surface area contributed by atoms with Gasteiger partial charge in [-0.05, 0) is 5.04 Å². The van der Waals surface area contributed by atoms with Gasteiger partial charge < -0.3 is 4.57 Å². The van der Waals surface area contributed by atoms with E-state index in [1.807, 2.05) is 0 Å². The lowest BCUT2D eigenvalue weighted by molar-refractivity contribution is 0.183. The standard InChI is InChI=1S/C13H27N3Si/c1-13(2,3)17(4,5)16-11-9-15(10-12-16)8-6-7-14/h6,8-12H2,1-5H3. The van der Waals surface area contributed by atoms with Crippen molar-refractivity contribution in [2.24, 2.45) is 0 Å². The highest BCUT2D eigenvalue weighted by Crippen LogP contribution is 2.38. The van der Waals surface area contributed by atoms with Crippen LogP contribution in [0.25, 0.3) is 0 Å². The summed E-state index contributed by atoms with van der Waals surface area (Å²) in [5, 5.41) is 9.04. The van der Waals surface area contributed by atoms with Gasteiger partial charge in [0.1, 0.15) is 8.24 Å². The minimum atomic E-state index is -1.32. The third-order valence-corrected chi connectivity index (χ3v) is 10.2. The van der Waals surface area contributed by atoms with E-state index in [-0.39, 0.29) is 0 Å². The Morgan fingerprint density at radius 1 is 1.12 bits per heavy atom. The van der Waals surface area contributed by atoms with Crippen molar-refractivity contribution >= 4 is 8.24 Å². The number of piperazine rings is 1.